The molecule has 0 saturated heterocycles. The fourth-order valence-corrected chi connectivity index (χ4v) is 8.41. The van der Waals surface area contributed by atoms with Gasteiger partial charge in [0.05, 0.1) is 0 Å². The first-order valence-corrected chi connectivity index (χ1v) is 22.5. The summed E-state index contributed by atoms with van der Waals surface area (Å²) in [6.07, 6.45) is 3.01. The molecule has 0 aromatic heterocycles. The first-order chi connectivity index (χ1) is 31.6. The molecule has 0 aliphatic rings. The van der Waals surface area contributed by atoms with Gasteiger partial charge in [-0.1, -0.05) is 112 Å². The largest absolute Gasteiger partial charge is 0.311 e. The molecular formula is C60H54N4. The van der Waals surface area contributed by atoms with Crippen LogP contribution in [-0.2, 0) is 19.3 Å². The summed E-state index contributed by atoms with van der Waals surface area (Å²) >= 11 is 0. The number of hydrogen-bond acceptors (Lipinski definition) is 4. The zero-order valence-electron chi connectivity index (χ0n) is 36.9. The summed E-state index contributed by atoms with van der Waals surface area (Å²) in [4.78, 5) is 9.33. The topological polar surface area (TPSA) is 13.0 Å². The van der Waals surface area contributed by atoms with E-state index in [0.29, 0.717) is 0 Å². The molecule has 9 aromatic carbocycles. The quantitative estimate of drug-likeness (QED) is 0.102. The van der Waals surface area contributed by atoms with E-state index in [1.165, 1.54) is 16.7 Å². The number of anilines is 12. The van der Waals surface area contributed by atoms with Crippen molar-refractivity contribution in [3.05, 3.63) is 253 Å². The fourth-order valence-electron chi connectivity index (χ4n) is 8.41. The summed E-state index contributed by atoms with van der Waals surface area (Å²) in [5.41, 5.74) is 17.1. The van der Waals surface area contributed by atoms with Crippen LogP contribution in [0, 0.1) is 0 Å². The Morgan fingerprint density at radius 3 is 0.484 bits per heavy atom. The van der Waals surface area contributed by atoms with Gasteiger partial charge in [-0.2, -0.15) is 0 Å². The van der Waals surface area contributed by atoms with Gasteiger partial charge < -0.3 is 19.6 Å². The molecule has 4 heteroatoms. The summed E-state index contributed by atoms with van der Waals surface area (Å²) < 4.78 is 0. The standard InChI is InChI=1S/C60H54N4/c1-4-46-22-28-52(29-23-46)61(49-16-10-7-11-17-49)55-34-40-58(41-35-55)64(59-42-36-56(37-43-59)62(50-18-12-8-13-19-50)53-30-24-47(5-2)25-31-53)60-44-38-57(39-45-60)63(51-20-14-9-15-21-51)54-32-26-48(6-3)27-33-54/h7-45H,4-6H2,1-3H3. The Morgan fingerprint density at radius 2 is 0.328 bits per heavy atom. The van der Waals surface area contributed by atoms with Crippen LogP contribution in [-0.4, -0.2) is 0 Å². The Labute approximate surface area is 379 Å². The van der Waals surface area contributed by atoms with Crippen LogP contribution in [0.25, 0.3) is 0 Å². The van der Waals surface area contributed by atoms with E-state index >= 15 is 0 Å². The first kappa shape index (κ1) is 41.5. The number of para-hydroxylation sites is 3. The SMILES string of the molecule is CCc1ccc(N(c2ccccc2)c2ccc(N(c3ccc(N(c4ccccc4)c4ccc(CC)cc4)cc3)c3ccc(N(c4ccccc4)c4ccc(CC)cc4)cc3)cc2)cc1. The molecule has 0 heterocycles. The fraction of sp³-hybridized carbons (Fsp3) is 0.100. The van der Waals surface area contributed by atoms with E-state index in [1.807, 2.05) is 0 Å². The van der Waals surface area contributed by atoms with E-state index < -0.39 is 0 Å². The Kier molecular flexibility index (Phi) is 12.6. The minimum absolute atomic E-state index is 1.00. The van der Waals surface area contributed by atoms with Crippen LogP contribution in [0.15, 0.2) is 237 Å². The van der Waals surface area contributed by atoms with E-state index in [9.17, 15) is 0 Å². The second kappa shape index (κ2) is 19.5. The molecule has 0 atom stereocenters. The number of benzene rings is 9. The van der Waals surface area contributed by atoms with Crippen molar-refractivity contribution in [2.24, 2.45) is 0 Å². The lowest BCUT2D eigenvalue weighted by molar-refractivity contribution is 1.14. The van der Waals surface area contributed by atoms with Gasteiger partial charge in [-0.25, -0.2) is 0 Å². The Balaban J connectivity index is 1.13. The van der Waals surface area contributed by atoms with Crippen molar-refractivity contribution in [3.8, 4) is 0 Å². The van der Waals surface area contributed by atoms with Crippen LogP contribution in [0.5, 0.6) is 0 Å². The van der Waals surface area contributed by atoms with Gasteiger partial charge in [0.2, 0.25) is 0 Å². The maximum atomic E-state index is 2.35. The molecule has 0 N–H and O–H groups in total. The van der Waals surface area contributed by atoms with Gasteiger partial charge in [-0.15, -0.1) is 0 Å². The number of rotatable bonds is 15. The van der Waals surface area contributed by atoms with Crippen LogP contribution < -0.4 is 19.6 Å². The van der Waals surface area contributed by atoms with E-state index in [1.54, 1.807) is 0 Å². The molecule has 0 radical (unpaired) electrons. The predicted molar refractivity (Wildman–Crippen MR) is 273 cm³/mol. The molecule has 314 valence electrons. The molecule has 0 fully saturated rings. The van der Waals surface area contributed by atoms with Crippen molar-refractivity contribution < 1.29 is 0 Å². The third-order valence-corrected chi connectivity index (χ3v) is 11.9. The number of aryl methyl sites for hydroxylation is 3. The molecule has 9 rings (SSSR count). The minimum atomic E-state index is 1.00. The Morgan fingerprint density at radius 1 is 0.188 bits per heavy atom. The predicted octanol–water partition coefficient (Wildman–Crippen LogP) is 17.3. The van der Waals surface area contributed by atoms with Crippen LogP contribution >= 0.6 is 0 Å². The average Bonchev–Trinajstić information content (AvgIpc) is 3.37. The van der Waals surface area contributed by atoms with Gasteiger partial charge >= 0.3 is 0 Å². The van der Waals surface area contributed by atoms with Crippen molar-refractivity contribution in [2.45, 2.75) is 40.0 Å². The molecule has 0 amide bonds. The maximum Gasteiger partial charge on any atom is 0.0463 e. The lowest BCUT2D eigenvalue weighted by atomic mass is 10.1. The van der Waals surface area contributed by atoms with Crippen LogP contribution in [0.3, 0.4) is 0 Å². The van der Waals surface area contributed by atoms with E-state index in [4.69, 9.17) is 0 Å². The minimum Gasteiger partial charge on any atom is -0.311 e. The van der Waals surface area contributed by atoms with E-state index in [2.05, 4.69) is 277 Å². The number of hydrogen-bond donors (Lipinski definition) is 0. The molecule has 0 unspecified atom stereocenters. The highest BCUT2D eigenvalue weighted by Crippen LogP contribution is 2.43. The second-order valence-electron chi connectivity index (χ2n) is 16.0. The van der Waals surface area contributed by atoms with Gasteiger partial charge in [-0.05, 0) is 182 Å². The third-order valence-electron chi connectivity index (χ3n) is 11.9. The van der Waals surface area contributed by atoms with Crippen molar-refractivity contribution in [1.29, 1.82) is 0 Å². The Hall–Kier alpha value is -7.82. The highest BCUT2D eigenvalue weighted by Gasteiger charge is 2.19. The van der Waals surface area contributed by atoms with Crippen LogP contribution in [0.4, 0.5) is 68.2 Å². The van der Waals surface area contributed by atoms with Gasteiger partial charge in [0, 0.05) is 68.2 Å². The second-order valence-corrected chi connectivity index (χ2v) is 16.0. The molecule has 0 aliphatic carbocycles. The normalized spacial score (nSPS) is 10.9. The third kappa shape index (κ3) is 9.04. The summed E-state index contributed by atoms with van der Waals surface area (Å²) in [7, 11) is 0. The molecule has 0 bridgehead atoms. The lowest BCUT2D eigenvalue weighted by Crippen LogP contribution is -2.14. The molecular weight excluding hydrogens is 777 g/mol. The molecule has 4 nitrogen and oxygen atoms in total. The Bertz CT molecular complexity index is 2510. The van der Waals surface area contributed by atoms with Crippen LogP contribution in [0.2, 0.25) is 0 Å². The highest BCUT2D eigenvalue weighted by molar-refractivity contribution is 5.85. The zero-order valence-corrected chi connectivity index (χ0v) is 36.9. The van der Waals surface area contributed by atoms with Crippen molar-refractivity contribution in [3.63, 3.8) is 0 Å². The smallest absolute Gasteiger partial charge is 0.0463 e. The molecule has 0 saturated carbocycles. The number of nitrogens with zero attached hydrogens (tertiary/aromatic N) is 4. The summed E-state index contributed by atoms with van der Waals surface area (Å²) in [6.45, 7) is 6.60. The highest BCUT2D eigenvalue weighted by atomic mass is 15.2. The van der Waals surface area contributed by atoms with Crippen molar-refractivity contribution >= 4 is 68.2 Å². The summed E-state index contributed by atoms with van der Waals surface area (Å²) in [6, 6.07) is 85.4. The summed E-state index contributed by atoms with van der Waals surface area (Å²) in [5.74, 6) is 0. The zero-order chi connectivity index (χ0) is 43.7. The average molecular weight is 831 g/mol. The molecule has 0 aliphatic heterocycles. The van der Waals surface area contributed by atoms with Gasteiger partial charge in [0.25, 0.3) is 0 Å². The van der Waals surface area contributed by atoms with Gasteiger partial charge in [-0.3, -0.25) is 0 Å². The van der Waals surface area contributed by atoms with Crippen molar-refractivity contribution in [1.82, 2.24) is 0 Å². The van der Waals surface area contributed by atoms with E-state index in [0.717, 1.165) is 87.5 Å². The van der Waals surface area contributed by atoms with Crippen molar-refractivity contribution in [2.75, 3.05) is 19.6 Å². The first-order valence-electron chi connectivity index (χ1n) is 22.5. The van der Waals surface area contributed by atoms with Gasteiger partial charge in [0.1, 0.15) is 0 Å². The molecule has 0 spiro atoms. The summed E-state index contributed by atoms with van der Waals surface area (Å²) in [5, 5.41) is 0. The molecule has 9 aromatic rings. The molecule has 64 heavy (non-hydrogen) atoms. The van der Waals surface area contributed by atoms with Gasteiger partial charge in [0.15, 0.2) is 0 Å². The monoisotopic (exact) mass is 830 g/mol. The van der Waals surface area contributed by atoms with Crippen LogP contribution in [0.1, 0.15) is 37.5 Å². The maximum absolute atomic E-state index is 2.35. The lowest BCUT2D eigenvalue weighted by Gasteiger charge is -2.30. The van der Waals surface area contributed by atoms with E-state index in [-0.39, 0.29) is 0 Å².